The maximum atomic E-state index is 12.7. The Bertz CT molecular complexity index is 1330. The third-order valence-electron chi connectivity index (χ3n) is 4.94. The van der Waals surface area contributed by atoms with Crippen LogP contribution >= 0.6 is 11.3 Å². The van der Waals surface area contributed by atoms with Gasteiger partial charge in [0, 0.05) is 30.3 Å². The number of amides is 1. The molecule has 0 saturated carbocycles. The number of fused-ring (bicyclic) bond motifs is 1. The summed E-state index contributed by atoms with van der Waals surface area (Å²) in [6.07, 6.45) is -1.17. The summed E-state index contributed by atoms with van der Waals surface area (Å²) >= 11 is 1.27. The van der Waals surface area contributed by atoms with Gasteiger partial charge in [-0.05, 0) is 36.2 Å². The Morgan fingerprint density at radius 2 is 1.85 bits per heavy atom. The number of thiazole rings is 1. The summed E-state index contributed by atoms with van der Waals surface area (Å²) in [5, 5.41) is 3.68. The number of aryl methyl sites for hydroxylation is 1. The van der Waals surface area contributed by atoms with E-state index in [1.165, 1.54) is 23.5 Å². The number of alkyl halides is 3. The van der Waals surface area contributed by atoms with Crippen LogP contribution in [0.4, 0.5) is 18.3 Å². The Kier molecular flexibility index (Phi) is 6.55. The molecule has 2 heterocycles. The molecule has 0 aliphatic heterocycles. The van der Waals surface area contributed by atoms with Crippen molar-refractivity contribution in [1.82, 2.24) is 15.0 Å². The molecular formula is C23H19F3N4O2S. The summed E-state index contributed by atoms with van der Waals surface area (Å²) < 4.78 is 38.0. The number of carbonyl (C=O) groups is 1. The molecule has 1 amide bonds. The number of rotatable bonds is 7. The lowest BCUT2D eigenvalue weighted by atomic mass is 10.1. The largest absolute Gasteiger partial charge is 0.416 e. The van der Waals surface area contributed by atoms with Crippen molar-refractivity contribution in [1.29, 1.82) is 0 Å². The molecule has 2 aromatic carbocycles. The molecule has 10 heteroatoms. The van der Waals surface area contributed by atoms with E-state index in [-0.39, 0.29) is 17.9 Å². The smallest absolute Gasteiger partial charge is 0.310 e. The molecule has 6 nitrogen and oxygen atoms in total. The van der Waals surface area contributed by atoms with E-state index in [0.29, 0.717) is 41.1 Å². The summed E-state index contributed by atoms with van der Waals surface area (Å²) in [5.41, 5.74) is 0.445. The molecule has 4 aromatic rings. The highest BCUT2D eigenvalue weighted by Gasteiger charge is 2.29. The van der Waals surface area contributed by atoms with Crippen LogP contribution in [0.25, 0.3) is 10.9 Å². The fraction of sp³-hybridized carbons (Fsp3) is 0.217. The van der Waals surface area contributed by atoms with Crippen LogP contribution in [0.5, 0.6) is 0 Å². The van der Waals surface area contributed by atoms with E-state index in [9.17, 15) is 22.8 Å². The van der Waals surface area contributed by atoms with Gasteiger partial charge in [-0.25, -0.2) is 9.97 Å². The Labute approximate surface area is 190 Å². The fourth-order valence-corrected chi connectivity index (χ4v) is 4.17. The highest BCUT2D eigenvalue weighted by Crippen LogP contribution is 2.30. The number of H-pyrrole nitrogens is 1. The lowest BCUT2D eigenvalue weighted by Crippen LogP contribution is -2.14. The molecule has 0 saturated heterocycles. The zero-order chi connectivity index (χ0) is 23.4. The van der Waals surface area contributed by atoms with Crippen LogP contribution in [-0.2, 0) is 23.8 Å². The molecular weight excluding hydrogens is 453 g/mol. The summed E-state index contributed by atoms with van der Waals surface area (Å²) in [7, 11) is 0. The van der Waals surface area contributed by atoms with Gasteiger partial charge in [0.05, 0.1) is 16.5 Å². The molecule has 0 unspecified atom stereocenters. The van der Waals surface area contributed by atoms with Gasteiger partial charge in [0.25, 0.3) is 5.56 Å². The van der Waals surface area contributed by atoms with E-state index in [1.807, 2.05) is 6.07 Å². The first-order valence-corrected chi connectivity index (χ1v) is 11.0. The second-order valence-electron chi connectivity index (χ2n) is 7.43. The summed E-state index contributed by atoms with van der Waals surface area (Å²) in [6, 6.07) is 12.0. The standard InChI is InChI=1S/C23H19F3N4O2S/c24-23(25,26)15-10-8-14(9-11-15)12-16-13-27-22(33-16)30-20(31)7-3-6-19-28-18-5-2-1-4-17(18)21(32)29-19/h1-2,4-5,8-11,13H,3,6-7,12H2,(H,27,30,31)(H,28,29,32). The minimum absolute atomic E-state index is 0.205. The van der Waals surface area contributed by atoms with Gasteiger partial charge < -0.3 is 10.3 Å². The third kappa shape index (κ3) is 5.83. The molecule has 4 rings (SSSR count). The number of benzene rings is 2. The molecule has 0 aliphatic rings. The van der Waals surface area contributed by atoms with E-state index in [4.69, 9.17) is 0 Å². The first-order chi connectivity index (χ1) is 15.8. The van der Waals surface area contributed by atoms with Gasteiger partial charge in [-0.2, -0.15) is 13.2 Å². The van der Waals surface area contributed by atoms with Crippen molar-refractivity contribution in [2.75, 3.05) is 5.32 Å². The van der Waals surface area contributed by atoms with Crippen LogP contribution < -0.4 is 10.9 Å². The van der Waals surface area contributed by atoms with Crippen LogP contribution in [0, 0.1) is 0 Å². The highest BCUT2D eigenvalue weighted by molar-refractivity contribution is 7.15. The van der Waals surface area contributed by atoms with Gasteiger partial charge in [0.2, 0.25) is 5.91 Å². The van der Waals surface area contributed by atoms with E-state index >= 15 is 0 Å². The van der Waals surface area contributed by atoms with E-state index in [0.717, 1.165) is 22.6 Å². The summed E-state index contributed by atoms with van der Waals surface area (Å²) in [6.45, 7) is 0. The van der Waals surface area contributed by atoms with Gasteiger partial charge >= 0.3 is 6.18 Å². The van der Waals surface area contributed by atoms with Gasteiger partial charge in [-0.1, -0.05) is 24.3 Å². The lowest BCUT2D eigenvalue weighted by molar-refractivity contribution is -0.137. The topological polar surface area (TPSA) is 87.7 Å². The third-order valence-corrected chi connectivity index (χ3v) is 5.85. The molecule has 0 fully saturated rings. The number of anilines is 1. The number of para-hydroxylation sites is 1. The van der Waals surface area contributed by atoms with Crippen molar-refractivity contribution in [2.24, 2.45) is 0 Å². The van der Waals surface area contributed by atoms with Crippen molar-refractivity contribution in [3.8, 4) is 0 Å². The number of nitrogens with zero attached hydrogens (tertiary/aromatic N) is 2. The molecule has 2 N–H and O–H groups in total. The number of aromatic nitrogens is 3. The molecule has 0 atom stereocenters. The molecule has 0 bridgehead atoms. The van der Waals surface area contributed by atoms with Crippen LogP contribution in [-0.4, -0.2) is 20.9 Å². The maximum Gasteiger partial charge on any atom is 0.416 e. The number of hydrogen-bond acceptors (Lipinski definition) is 5. The molecule has 170 valence electrons. The minimum atomic E-state index is -4.36. The van der Waals surface area contributed by atoms with Gasteiger partial charge in [0.1, 0.15) is 5.82 Å². The van der Waals surface area contributed by atoms with Crippen LogP contribution in [0.1, 0.15) is 34.7 Å². The van der Waals surface area contributed by atoms with Gasteiger partial charge in [-0.3, -0.25) is 9.59 Å². The summed E-state index contributed by atoms with van der Waals surface area (Å²) in [5.74, 6) is 0.313. The number of carbonyl (C=O) groups excluding carboxylic acids is 1. The predicted molar refractivity (Wildman–Crippen MR) is 120 cm³/mol. The Morgan fingerprint density at radius 1 is 1.09 bits per heavy atom. The fourth-order valence-electron chi connectivity index (χ4n) is 3.31. The zero-order valence-electron chi connectivity index (χ0n) is 17.3. The molecule has 0 radical (unpaired) electrons. The second-order valence-corrected chi connectivity index (χ2v) is 8.55. The van der Waals surface area contributed by atoms with E-state index < -0.39 is 11.7 Å². The van der Waals surface area contributed by atoms with Crippen molar-refractivity contribution < 1.29 is 18.0 Å². The minimum Gasteiger partial charge on any atom is -0.310 e. The Hall–Kier alpha value is -3.53. The molecule has 0 spiro atoms. The monoisotopic (exact) mass is 472 g/mol. The van der Waals surface area contributed by atoms with E-state index in [2.05, 4.69) is 20.3 Å². The molecule has 0 aliphatic carbocycles. The first-order valence-electron chi connectivity index (χ1n) is 10.2. The number of nitrogens with one attached hydrogen (secondary N) is 2. The second kappa shape index (κ2) is 9.53. The Morgan fingerprint density at radius 3 is 2.61 bits per heavy atom. The first kappa shape index (κ1) is 22.7. The van der Waals surface area contributed by atoms with Crippen LogP contribution in [0.15, 0.2) is 59.5 Å². The maximum absolute atomic E-state index is 12.7. The van der Waals surface area contributed by atoms with Crippen molar-refractivity contribution >= 4 is 33.3 Å². The van der Waals surface area contributed by atoms with E-state index in [1.54, 1.807) is 24.4 Å². The lowest BCUT2D eigenvalue weighted by Gasteiger charge is -2.06. The normalized spacial score (nSPS) is 11.6. The van der Waals surface area contributed by atoms with Crippen LogP contribution in [0.2, 0.25) is 0 Å². The van der Waals surface area contributed by atoms with Crippen molar-refractivity contribution in [3.63, 3.8) is 0 Å². The highest BCUT2D eigenvalue weighted by atomic mass is 32.1. The number of aromatic amines is 1. The quantitative estimate of drug-likeness (QED) is 0.398. The molecule has 2 aromatic heterocycles. The van der Waals surface area contributed by atoms with Crippen molar-refractivity contribution in [3.05, 3.63) is 86.9 Å². The average molecular weight is 472 g/mol. The van der Waals surface area contributed by atoms with Gasteiger partial charge in [-0.15, -0.1) is 11.3 Å². The SMILES string of the molecule is O=C(CCCc1nc2ccccc2c(=O)[nH]1)Nc1ncc(Cc2ccc(C(F)(F)F)cc2)s1. The number of hydrogen-bond donors (Lipinski definition) is 2. The van der Waals surface area contributed by atoms with Crippen molar-refractivity contribution in [2.45, 2.75) is 31.9 Å². The number of halogens is 3. The predicted octanol–water partition coefficient (Wildman–Crippen LogP) is 4.95. The van der Waals surface area contributed by atoms with Crippen LogP contribution in [0.3, 0.4) is 0 Å². The average Bonchev–Trinajstić information content (AvgIpc) is 3.20. The summed E-state index contributed by atoms with van der Waals surface area (Å²) in [4.78, 5) is 36.5. The van der Waals surface area contributed by atoms with Gasteiger partial charge in [0.15, 0.2) is 5.13 Å². The molecule has 33 heavy (non-hydrogen) atoms. The zero-order valence-corrected chi connectivity index (χ0v) is 18.1. The Balaban J connectivity index is 1.28.